The van der Waals surface area contributed by atoms with Gasteiger partial charge in [-0.15, -0.1) is 0 Å². The van der Waals surface area contributed by atoms with Crippen LogP contribution in [0.5, 0.6) is 5.75 Å². The first-order valence-corrected chi connectivity index (χ1v) is 15.7. The van der Waals surface area contributed by atoms with E-state index in [0.717, 1.165) is 44.1 Å². The highest BCUT2D eigenvalue weighted by Crippen LogP contribution is 2.41. The maximum atomic E-state index is 15.5. The summed E-state index contributed by atoms with van der Waals surface area (Å²) in [6, 6.07) is 13.2. The zero-order chi connectivity index (χ0) is 31.9. The van der Waals surface area contributed by atoms with Crippen molar-refractivity contribution in [3.63, 3.8) is 0 Å². The minimum Gasteiger partial charge on any atom is -0.486 e. The van der Waals surface area contributed by atoms with Crippen LogP contribution in [0.15, 0.2) is 54.7 Å². The van der Waals surface area contributed by atoms with Gasteiger partial charge in [0.05, 0.1) is 24.1 Å². The third kappa shape index (κ3) is 5.84. The van der Waals surface area contributed by atoms with Crippen LogP contribution in [0.2, 0.25) is 0 Å². The summed E-state index contributed by atoms with van der Waals surface area (Å²) < 4.78 is 66.3. The van der Waals surface area contributed by atoms with Crippen LogP contribution in [0.3, 0.4) is 0 Å². The molecule has 0 amide bonds. The Hall–Kier alpha value is -4.38. The van der Waals surface area contributed by atoms with Crippen LogP contribution in [0, 0.1) is 23.3 Å². The van der Waals surface area contributed by atoms with Gasteiger partial charge < -0.3 is 24.8 Å². The lowest BCUT2D eigenvalue weighted by atomic mass is 9.86. The number of anilines is 4. The fourth-order valence-electron chi connectivity index (χ4n) is 7.03. The molecule has 0 saturated carbocycles. The summed E-state index contributed by atoms with van der Waals surface area (Å²) in [7, 11) is 4.13. The molecule has 1 aromatic heterocycles. The van der Waals surface area contributed by atoms with Gasteiger partial charge in [-0.1, -0.05) is 12.1 Å². The van der Waals surface area contributed by atoms with Crippen LogP contribution in [0.25, 0.3) is 11.3 Å². The van der Waals surface area contributed by atoms with E-state index in [1.807, 2.05) is 15.9 Å². The number of nitrogens with one attached hydrogen (secondary N) is 1. The molecular weight excluding hydrogens is 596 g/mol. The quantitative estimate of drug-likeness (QED) is 0.237. The van der Waals surface area contributed by atoms with Crippen LogP contribution in [0.1, 0.15) is 30.4 Å². The summed E-state index contributed by atoms with van der Waals surface area (Å²) in [6.45, 7) is 2.30. The van der Waals surface area contributed by atoms with Crippen molar-refractivity contribution < 1.29 is 22.3 Å². The van der Waals surface area contributed by atoms with Crippen molar-refractivity contribution in [2.24, 2.45) is 0 Å². The first-order valence-electron chi connectivity index (χ1n) is 15.7. The van der Waals surface area contributed by atoms with Crippen molar-refractivity contribution in [2.45, 2.75) is 44.2 Å². The van der Waals surface area contributed by atoms with E-state index in [-0.39, 0.29) is 47.2 Å². The van der Waals surface area contributed by atoms with Gasteiger partial charge in [0.2, 0.25) is 5.95 Å². The van der Waals surface area contributed by atoms with E-state index >= 15 is 13.2 Å². The summed E-state index contributed by atoms with van der Waals surface area (Å²) in [5.74, 6) is -1.86. The Morgan fingerprint density at radius 1 is 0.870 bits per heavy atom. The number of fused-ring (bicyclic) bond motifs is 2. The van der Waals surface area contributed by atoms with Crippen molar-refractivity contribution >= 4 is 23.0 Å². The van der Waals surface area contributed by atoms with E-state index in [9.17, 15) is 4.39 Å². The summed E-state index contributed by atoms with van der Waals surface area (Å²) in [5, 5.41) is 2.97. The Morgan fingerprint density at radius 2 is 1.70 bits per heavy atom. The molecule has 1 N–H and O–H groups in total. The lowest BCUT2D eigenvalue weighted by Gasteiger charge is -2.40. The van der Waals surface area contributed by atoms with Gasteiger partial charge in [-0.3, -0.25) is 0 Å². The molecule has 7 nitrogen and oxygen atoms in total. The molecule has 240 valence electrons. The average Bonchev–Trinajstić information content (AvgIpc) is 3.05. The van der Waals surface area contributed by atoms with Gasteiger partial charge in [0.15, 0.2) is 17.4 Å². The summed E-state index contributed by atoms with van der Waals surface area (Å²) >= 11 is 0. The molecule has 2 aliphatic heterocycles. The molecule has 3 aromatic carbocycles. The number of halogens is 4. The first-order chi connectivity index (χ1) is 22.2. The zero-order valence-corrected chi connectivity index (χ0v) is 25.9. The number of aryl methyl sites for hydroxylation is 1. The first kappa shape index (κ1) is 30.3. The zero-order valence-electron chi connectivity index (χ0n) is 25.9. The maximum absolute atomic E-state index is 15.5. The number of hydrogen-bond acceptors (Lipinski definition) is 7. The minimum atomic E-state index is -0.732. The third-order valence-corrected chi connectivity index (χ3v) is 9.51. The van der Waals surface area contributed by atoms with Gasteiger partial charge in [-0.05, 0) is 93.7 Å². The van der Waals surface area contributed by atoms with Gasteiger partial charge in [0.1, 0.15) is 23.9 Å². The van der Waals surface area contributed by atoms with E-state index in [1.54, 1.807) is 24.3 Å². The van der Waals surface area contributed by atoms with Crippen LogP contribution in [0.4, 0.5) is 40.6 Å². The second kappa shape index (κ2) is 12.4. The summed E-state index contributed by atoms with van der Waals surface area (Å²) in [5.41, 5.74) is 3.19. The third-order valence-electron chi connectivity index (χ3n) is 9.51. The van der Waals surface area contributed by atoms with Crippen molar-refractivity contribution in [3.8, 4) is 17.0 Å². The van der Waals surface area contributed by atoms with Crippen LogP contribution < -0.4 is 19.9 Å². The predicted octanol–water partition coefficient (Wildman–Crippen LogP) is 6.73. The summed E-state index contributed by atoms with van der Waals surface area (Å²) in [4.78, 5) is 14.7. The minimum absolute atomic E-state index is 0.0425. The molecular formula is C35H36F4N6O. The predicted molar refractivity (Wildman–Crippen MR) is 171 cm³/mol. The monoisotopic (exact) mass is 632 g/mol. The molecule has 1 unspecified atom stereocenters. The Balaban J connectivity index is 1.13. The summed E-state index contributed by atoms with van der Waals surface area (Å²) in [6.07, 6.45) is 4.88. The second-order valence-corrected chi connectivity index (χ2v) is 12.5. The van der Waals surface area contributed by atoms with Gasteiger partial charge in [-0.25, -0.2) is 27.5 Å². The van der Waals surface area contributed by atoms with E-state index in [0.29, 0.717) is 48.1 Å². The van der Waals surface area contributed by atoms with Gasteiger partial charge >= 0.3 is 0 Å². The van der Waals surface area contributed by atoms with Crippen molar-refractivity contribution in [1.82, 2.24) is 14.9 Å². The van der Waals surface area contributed by atoms with E-state index < -0.39 is 11.6 Å². The number of ether oxygens (including phenoxy) is 1. The standard InChI is InChI=1S/C35H36F4N6O/c1-43(2)24-10-12-44(13-11-24)31-9-7-23(18-28(31)37)41-35-40-20-30(39)33(42-35)22-16-29(38)34-32(17-22)45(14-15-46-34)25-8-6-21-4-3-5-27(36)26(21)19-25/h3-5,7,9,16-18,20,24-25H,6,8,10-15,19H2,1-2H3,(H,40,41,42). The molecule has 46 heavy (non-hydrogen) atoms. The molecule has 1 aliphatic carbocycles. The number of nitrogens with zero attached hydrogens (tertiary/aromatic N) is 5. The molecule has 1 saturated heterocycles. The Labute approximate surface area is 265 Å². The van der Waals surface area contributed by atoms with Crippen molar-refractivity contribution in [1.29, 1.82) is 0 Å². The highest BCUT2D eigenvalue weighted by atomic mass is 19.1. The van der Waals surface area contributed by atoms with Crippen LogP contribution in [-0.2, 0) is 12.8 Å². The second-order valence-electron chi connectivity index (χ2n) is 12.5. The Bertz CT molecular complexity index is 1760. The largest absolute Gasteiger partial charge is 0.486 e. The molecule has 3 aliphatic rings. The molecule has 0 radical (unpaired) electrons. The molecule has 1 atom stereocenters. The number of rotatable bonds is 6. The molecule has 7 rings (SSSR count). The SMILES string of the molecule is CN(C)C1CCN(c2ccc(Nc3ncc(F)c(-c4cc(F)c5c(c4)N(C4CCc6cccc(F)c6C4)CCO5)n3)cc2F)CC1. The normalized spacial score (nSPS) is 18.3. The Morgan fingerprint density at radius 3 is 2.48 bits per heavy atom. The van der Waals surface area contributed by atoms with Gasteiger partial charge in [-0.2, -0.15) is 0 Å². The number of aromatic nitrogens is 2. The van der Waals surface area contributed by atoms with Crippen LogP contribution >= 0.6 is 0 Å². The fourth-order valence-corrected chi connectivity index (χ4v) is 7.03. The maximum Gasteiger partial charge on any atom is 0.227 e. The fraction of sp³-hybridized carbons (Fsp3) is 0.371. The van der Waals surface area contributed by atoms with Gasteiger partial charge in [0.25, 0.3) is 0 Å². The van der Waals surface area contributed by atoms with E-state index in [2.05, 4.69) is 34.3 Å². The molecule has 1 fully saturated rings. The molecule has 0 bridgehead atoms. The molecule has 4 aromatic rings. The molecule has 11 heteroatoms. The number of piperidine rings is 1. The van der Waals surface area contributed by atoms with E-state index in [1.165, 1.54) is 18.2 Å². The van der Waals surface area contributed by atoms with E-state index in [4.69, 9.17) is 4.74 Å². The Kier molecular flexibility index (Phi) is 8.18. The lowest BCUT2D eigenvalue weighted by Crippen LogP contribution is -2.44. The number of benzene rings is 3. The smallest absolute Gasteiger partial charge is 0.227 e. The topological polar surface area (TPSA) is 56.8 Å². The van der Waals surface area contributed by atoms with Crippen molar-refractivity contribution in [2.75, 3.05) is 55.5 Å². The lowest BCUT2D eigenvalue weighted by molar-refractivity contribution is 0.249. The highest BCUT2D eigenvalue weighted by Gasteiger charge is 2.32. The molecule has 3 heterocycles. The van der Waals surface area contributed by atoms with Crippen LogP contribution in [-0.4, -0.2) is 67.3 Å². The number of hydrogen-bond donors (Lipinski definition) is 1. The van der Waals surface area contributed by atoms with Gasteiger partial charge in [0, 0.05) is 36.4 Å². The van der Waals surface area contributed by atoms with Crippen molar-refractivity contribution in [3.05, 3.63) is 89.1 Å². The average molecular weight is 633 g/mol. The highest BCUT2D eigenvalue weighted by molar-refractivity contribution is 5.73. The molecule has 0 spiro atoms.